The fraction of sp³-hybridized carbons (Fsp3) is 0.267. The van der Waals surface area contributed by atoms with Gasteiger partial charge >= 0.3 is 0 Å². The van der Waals surface area contributed by atoms with E-state index in [4.69, 9.17) is 0 Å². The molecule has 1 atom stereocenters. The van der Waals surface area contributed by atoms with Crippen LogP contribution in [-0.2, 0) is 12.8 Å². The molecule has 90 valence electrons. The number of hydrogen-bond donors (Lipinski definition) is 0. The highest BCUT2D eigenvalue weighted by Crippen LogP contribution is 2.27. The second-order valence-electron chi connectivity index (χ2n) is 4.70. The van der Waals surface area contributed by atoms with E-state index < -0.39 is 0 Å². The lowest BCUT2D eigenvalue weighted by atomic mass is 9.80. The van der Waals surface area contributed by atoms with E-state index in [1.54, 1.807) is 12.4 Å². The standard InChI is InChI=1S/C15H14N2O/c18-15(14-8-16-10-17-9-14)13-6-5-11-3-1-2-4-12(11)7-13/h1-4,8-10,13H,5-7H2. The molecule has 0 radical (unpaired) electrons. The molecule has 2 aromatic rings. The molecule has 1 heterocycles. The van der Waals surface area contributed by atoms with Crippen molar-refractivity contribution in [2.75, 3.05) is 0 Å². The third-order valence-corrected chi connectivity index (χ3v) is 3.56. The van der Waals surface area contributed by atoms with E-state index in [0.29, 0.717) is 5.56 Å². The van der Waals surface area contributed by atoms with Gasteiger partial charge in [0.2, 0.25) is 0 Å². The van der Waals surface area contributed by atoms with Gasteiger partial charge in [-0.2, -0.15) is 0 Å². The highest BCUT2D eigenvalue weighted by molar-refractivity contribution is 5.97. The monoisotopic (exact) mass is 238 g/mol. The summed E-state index contributed by atoms with van der Waals surface area (Å²) in [6.07, 6.45) is 7.41. The van der Waals surface area contributed by atoms with E-state index in [0.717, 1.165) is 19.3 Å². The molecule has 1 aliphatic rings. The lowest BCUT2D eigenvalue weighted by Crippen LogP contribution is -2.23. The fourth-order valence-corrected chi connectivity index (χ4v) is 2.58. The van der Waals surface area contributed by atoms with E-state index in [-0.39, 0.29) is 11.7 Å². The van der Waals surface area contributed by atoms with Crippen LogP contribution in [-0.4, -0.2) is 15.8 Å². The zero-order valence-electron chi connectivity index (χ0n) is 10.0. The summed E-state index contributed by atoms with van der Waals surface area (Å²) in [4.78, 5) is 20.2. The average Bonchev–Trinajstić information content (AvgIpc) is 2.47. The molecule has 0 N–H and O–H groups in total. The van der Waals surface area contributed by atoms with Gasteiger partial charge in [0.1, 0.15) is 6.33 Å². The van der Waals surface area contributed by atoms with Crippen molar-refractivity contribution in [2.24, 2.45) is 5.92 Å². The van der Waals surface area contributed by atoms with Crippen molar-refractivity contribution in [3.05, 3.63) is 59.7 Å². The topological polar surface area (TPSA) is 42.9 Å². The van der Waals surface area contributed by atoms with Crippen molar-refractivity contribution >= 4 is 5.78 Å². The number of hydrogen-bond acceptors (Lipinski definition) is 3. The fourth-order valence-electron chi connectivity index (χ4n) is 2.58. The van der Waals surface area contributed by atoms with Crippen molar-refractivity contribution in [3.63, 3.8) is 0 Å². The van der Waals surface area contributed by atoms with Gasteiger partial charge in [-0.15, -0.1) is 0 Å². The molecule has 18 heavy (non-hydrogen) atoms. The predicted octanol–water partition coefficient (Wildman–Crippen LogP) is 2.46. The molecule has 1 aliphatic carbocycles. The minimum atomic E-state index is 0.0749. The maximum atomic E-state index is 12.3. The molecule has 0 amide bonds. The number of carbonyl (C=O) groups excluding carboxylic acids is 1. The molecule has 0 fully saturated rings. The number of aryl methyl sites for hydroxylation is 1. The van der Waals surface area contributed by atoms with Crippen LogP contribution in [0.1, 0.15) is 27.9 Å². The highest BCUT2D eigenvalue weighted by Gasteiger charge is 2.25. The number of carbonyl (C=O) groups is 1. The maximum Gasteiger partial charge on any atom is 0.169 e. The van der Waals surface area contributed by atoms with Crippen molar-refractivity contribution in [3.8, 4) is 0 Å². The summed E-state index contributed by atoms with van der Waals surface area (Å²) in [6.45, 7) is 0. The van der Waals surface area contributed by atoms with E-state index in [9.17, 15) is 4.79 Å². The Bertz CT molecular complexity index is 566. The lowest BCUT2D eigenvalue weighted by Gasteiger charge is -2.23. The van der Waals surface area contributed by atoms with Gasteiger partial charge in [0, 0.05) is 18.3 Å². The van der Waals surface area contributed by atoms with Crippen molar-refractivity contribution < 1.29 is 4.79 Å². The van der Waals surface area contributed by atoms with E-state index >= 15 is 0 Å². The summed E-state index contributed by atoms with van der Waals surface area (Å²) in [5.41, 5.74) is 3.31. The Morgan fingerprint density at radius 3 is 2.61 bits per heavy atom. The number of Topliss-reactive ketones (excluding diaryl/α,β-unsaturated/α-hetero) is 1. The van der Waals surface area contributed by atoms with Crippen LogP contribution >= 0.6 is 0 Å². The first-order valence-corrected chi connectivity index (χ1v) is 6.20. The molecule has 3 rings (SSSR count). The second-order valence-corrected chi connectivity index (χ2v) is 4.70. The van der Waals surface area contributed by atoms with Gasteiger partial charge in [0.05, 0.1) is 5.56 Å². The molecule has 1 aromatic heterocycles. The van der Waals surface area contributed by atoms with Crippen molar-refractivity contribution in [1.82, 2.24) is 9.97 Å². The zero-order valence-corrected chi connectivity index (χ0v) is 10.0. The number of fused-ring (bicyclic) bond motifs is 1. The zero-order chi connectivity index (χ0) is 12.4. The summed E-state index contributed by atoms with van der Waals surface area (Å²) in [5.74, 6) is 0.246. The first-order valence-electron chi connectivity index (χ1n) is 6.20. The van der Waals surface area contributed by atoms with E-state index in [1.807, 2.05) is 6.07 Å². The third-order valence-electron chi connectivity index (χ3n) is 3.56. The second kappa shape index (κ2) is 4.69. The van der Waals surface area contributed by atoms with E-state index in [2.05, 4.69) is 28.2 Å². The Morgan fingerprint density at radius 1 is 1.11 bits per heavy atom. The predicted molar refractivity (Wildman–Crippen MR) is 68.3 cm³/mol. The SMILES string of the molecule is O=C(c1cncnc1)C1CCc2ccccc2C1. The van der Waals surface area contributed by atoms with Crippen LogP contribution in [0, 0.1) is 5.92 Å². The number of rotatable bonds is 2. The van der Waals surface area contributed by atoms with Gasteiger partial charge in [-0.05, 0) is 30.4 Å². The molecule has 0 saturated carbocycles. The minimum Gasteiger partial charge on any atom is -0.294 e. The Hall–Kier alpha value is -2.03. The molecular formula is C15H14N2O. The summed E-state index contributed by atoms with van der Waals surface area (Å²) in [6, 6.07) is 8.38. The van der Waals surface area contributed by atoms with Crippen LogP contribution in [0.4, 0.5) is 0 Å². The van der Waals surface area contributed by atoms with Crippen LogP contribution in [0.5, 0.6) is 0 Å². The molecule has 1 unspecified atom stereocenters. The number of aromatic nitrogens is 2. The molecule has 1 aromatic carbocycles. The summed E-state index contributed by atoms with van der Waals surface area (Å²) >= 11 is 0. The first-order chi connectivity index (χ1) is 8.84. The normalized spacial score (nSPS) is 18.1. The summed E-state index contributed by atoms with van der Waals surface area (Å²) in [5, 5.41) is 0. The molecule has 3 nitrogen and oxygen atoms in total. The van der Waals surface area contributed by atoms with Gasteiger partial charge in [0.25, 0.3) is 0 Å². The van der Waals surface area contributed by atoms with Gasteiger partial charge in [-0.3, -0.25) is 4.79 Å². The van der Waals surface area contributed by atoms with E-state index in [1.165, 1.54) is 17.5 Å². The third kappa shape index (κ3) is 2.04. The first kappa shape index (κ1) is 11.1. The molecule has 3 heteroatoms. The minimum absolute atomic E-state index is 0.0749. The Balaban J connectivity index is 1.82. The smallest absolute Gasteiger partial charge is 0.169 e. The quantitative estimate of drug-likeness (QED) is 0.755. The molecule has 0 aliphatic heterocycles. The Kier molecular flexibility index (Phi) is 2.89. The molecule has 0 saturated heterocycles. The van der Waals surface area contributed by atoms with Crippen LogP contribution in [0.15, 0.2) is 43.0 Å². The summed E-state index contributed by atoms with van der Waals surface area (Å²) in [7, 11) is 0. The number of ketones is 1. The van der Waals surface area contributed by atoms with Gasteiger partial charge < -0.3 is 0 Å². The molecule has 0 spiro atoms. The average molecular weight is 238 g/mol. The van der Waals surface area contributed by atoms with Crippen LogP contribution in [0.3, 0.4) is 0 Å². The molecule has 0 bridgehead atoms. The molecular weight excluding hydrogens is 224 g/mol. The highest BCUT2D eigenvalue weighted by atomic mass is 16.1. The van der Waals surface area contributed by atoms with Crippen molar-refractivity contribution in [2.45, 2.75) is 19.3 Å². The van der Waals surface area contributed by atoms with Crippen LogP contribution in [0.2, 0.25) is 0 Å². The van der Waals surface area contributed by atoms with Crippen LogP contribution in [0.25, 0.3) is 0 Å². The summed E-state index contributed by atoms with van der Waals surface area (Å²) < 4.78 is 0. The Labute approximate surface area is 106 Å². The van der Waals surface area contributed by atoms with Crippen molar-refractivity contribution in [1.29, 1.82) is 0 Å². The maximum absolute atomic E-state index is 12.3. The number of nitrogens with zero attached hydrogens (tertiary/aromatic N) is 2. The van der Waals surface area contributed by atoms with Gasteiger partial charge in [0.15, 0.2) is 5.78 Å². The lowest BCUT2D eigenvalue weighted by molar-refractivity contribution is 0.0908. The van der Waals surface area contributed by atoms with Crippen LogP contribution < -0.4 is 0 Å². The Morgan fingerprint density at radius 2 is 1.83 bits per heavy atom. The van der Waals surface area contributed by atoms with Gasteiger partial charge in [-0.1, -0.05) is 24.3 Å². The van der Waals surface area contributed by atoms with Gasteiger partial charge in [-0.25, -0.2) is 9.97 Å². The number of benzene rings is 1. The largest absolute Gasteiger partial charge is 0.294 e.